The molecule has 2 heterocycles. The Morgan fingerprint density at radius 1 is 1.07 bits per heavy atom. The summed E-state index contributed by atoms with van der Waals surface area (Å²) < 4.78 is 29.3. The lowest BCUT2D eigenvalue weighted by atomic mass is 10.2. The summed E-state index contributed by atoms with van der Waals surface area (Å²) in [4.78, 5) is 12.8. The van der Waals surface area contributed by atoms with Crippen LogP contribution < -0.4 is 9.62 Å². The van der Waals surface area contributed by atoms with Gasteiger partial charge in [0.15, 0.2) is 0 Å². The second kappa shape index (κ2) is 6.83. The van der Waals surface area contributed by atoms with Crippen LogP contribution in [0.4, 0.5) is 11.4 Å². The van der Waals surface area contributed by atoms with Crippen LogP contribution in [0.5, 0.6) is 0 Å². The molecule has 1 N–H and O–H groups in total. The Balaban J connectivity index is 1.64. The lowest BCUT2D eigenvalue weighted by molar-refractivity contribution is 0.101. The van der Waals surface area contributed by atoms with Crippen molar-refractivity contribution in [3.8, 4) is 0 Å². The zero-order valence-corrected chi connectivity index (χ0v) is 16.5. The van der Waals surface area contributed by atoms with E-state index in [0.29, 0.717) is 24.3 Å². The summed E-state index contributed by atoms with van der Waals surface area (Å²) >= 11 is 0. The van der Waals surface area contributed by atoms with Gasteiger partial charge in [0.05, 0.1) is 5.69 Å². The van der Waals surface area contributed by atoms with Crippen molar-refractivity contribution in [2.75, 3.05) is 16.2 Å². The van der Waals surface area contributed by atoms with E-state index < -0.39 is 10.0 Å². The number of aromatic nitrogens is 1. The second-order valence-corrected chi connectivity index (χ2v) is 8.76. The second-order valence-electron chi connectivity index (χ2n) is 6.90. The number of aryl methyl sites for hydroxylation is 2. The number of carbonyl (C=O) groups is 1. The van der Waals surface area contributed by atoms with Crippen molar-refractivity contribution < 1.29 is 13.2 Å². The van der Waals surface area contributed by atoms with Crippen LogP contribution in [-0.4, -0.2) is 25.4 Å². The number of benzene rings is 2. The van der Waals surface area contributed by atoms with E-state index in [1.54, 1.807) is 11.6 Å². The third kappa shape index (κ3) is 3.07. The molecule has 28 heavy (non-hydrogen) atoms. The minimum absolute atomic E-state index is 0.113. The maximum Gasteiger partial charge on any atom is 0.272 e. The molecule has 0 fully saturated rings. The fraction of sp³-hybridized carbons (Fsp3) is 0.190. The number of rotatable bonds is 4. The fourth-order valence-electron chi connectivity index (χ4n) is 3.49. The predicted octanol–water partition coefficient (Wildman–Crippen LogP) is 3.34. The van der Waals surface area contributed by atoms with E-state index in [1.807, 2.05) is 55.5 Å². The smallest absolute Gasteiger partial charge is 0.272 e. The van der Waals surface area contributed by atoms with Crippen LogP contribution in [0.1, 0.15) is 21.6 Å². The van der Waals surface area contributed by atoms with Crippen LogP contribution in [-0.2, 0) is 23.5 Å². The summed E-state index contributed by atoms with van der Waals surface area (Å²) in [6.07, 6.45) is 2.17. The summed E-state index contributed by atoms with van der Waals surface area (Å²) in [6, 6.07) is 16.4. The van der Waals surface area contributed by atoms with Gasteiger partial charge in [-0.05, 0) is 42.7 Å². The van der Waals surface area contributed by atoms with E-state index in [1.165, 1.54) is 16.6 Å². The number of sulfonamides is 1. The van der Waals surface area contributed by atoms with Crippen LogP contribution >= 0.6 is 0 Å². The van der Waals surface area contributed by atoms with Gasteiger partial charge in [0.2, 0.25) is 0 Å². The van der Waals surface area contributed by atoms with Gasteiger partial charge in [0.25, 0.3) is 15.9 Å². The van der Waals surface area contributed by atoms with E-state index in [0.717, 1.165) is 11.1 Å². The summed E-state index contributed by atoms with van der Waals surface area (Å²) in [7, 11) is -2.07. The molecule has 0 spiro atoms. The van der Waals surface area contributed by atoms with Crippen LogP contribution in [0.15, 0.2) is 65.7 Å². The summed E-state index contributed by atoms with van der Waals surface area (Å²) in [6.45, 7) is 2.31. The molecule has 2 aromatic carbocycles. The Bertz CT molecular complexity index is 1170. The first kappa shape index (κ1) is 18.3. The highest BCUT2D eigenvalue weighted by atomic mass is 32.2. The molecule has 4 rings (SSSR count). The normalized spacial score (nSPS) is 13.4. The van der Waals surface area contributed by atoms with Gasteiger partial charge in [-0.15, -0.1) is 0 Å². The summed E-state index contributed by atoms with van der Waals surface area (Å²) in [5.41, 5.74) is 3.64. The highest BCUT2D eigenvalue weighted by molar-refractivity contribution is 7.92. The number of carbonyl (C=O) groups excluding carboxylic acids is 1. The maximum atomic E-state index is 13.2. The van der Waals surface area contributed by atoms with E-state index in [2.05, 4.69) is 5.32 Å². The summed E-state index contributed by atoms with van der Waals surface area (Å²) in [5, 5.41) is 2.85. The number of hydrogen-bond acceptors (Lipinski definition) is 3. The number of anilines is 2. The third-order valence-corrected chi connectivity index (χ3v) is 6.82. The molecule has 0 aliphatic carbocycles. The molecule has 0 atom stereocenters. The van der Waals surface area contributed by atoms with E-state index in [-0.39, 0.29) is 16.5 Å². The van der Waals surface area contributed by atoms with Crippen molar-refractivity contribution >= 4 is 27.3 Å². The monoisotopic (exact) mass is 395 g/mol. The standard InChI is InChI=1S/C21H21N3O3S/c1-15-7-3-5-9-18(15)22-21(25)20-13-17(14-23(20)2)28(26,27)24-12-11-16-8-4-6-10-19(16)24/h3-10,13-14H,11-12H2,1-2H3,(H,22,25). The first-order valence-corrected chi connectivity index (χ1v) is 10.5. The fourth-order valence-corrected chi connectivity index (χ4v) is 5.06. The van der Waals surface area contributed by atoms with Gasteiger partial charge in [-0.3, -0.25) is 9.10 Å². The van der Waals surface area contributed by atoms with Crippen LogP contribution in [0.3, 0.4) is 0 Å². The van der Waals surface area contributed by atoms with Gasteiger partial charge in [0.1, 0.15) is 10.6 Å². The number of hydrogen-bond donors (Lipinski definition) is 1. The SMILES string of the molecule is Cc1ccccc1NC(=O)c1cc(S(=O)(=O)N2CCc3ccccc32)cn1C. The molecule has 0 radical (unpaired) electrons. The van der Waals surface area contributed by atoms with E-state index >= 15 is 0 Å². The molecule has 3 aromatic rings. The first-order chi connectivity index (χ1) is 13.4. The molecule has 1 amide bonds. The largest absolute Gasteiger partial charge is 0.345 e. The Morgan fingerprint density at radius 3 is 2.57 bits per heavy atom. The molecule has 0 unspecified atom stereocenters. The molecule has 1 aliphatic rings. The highest BCUT2D eigenvalue weighted by Crippen LogP contribution is 2.33. The molecule has 1 aromatic heterocycles. The lowest BCUT2D eigenvalue weighted by Gasteiger charge is -2.18. The van der Waals surface area contributed by atoms with Crippen LogP contribution in [0.2, 0.25) is 0 Å². The van der Waals surface area contributed by atoms with Crippen molar-refractivity contribution in [2.24, 2.45) is 7.05 Å². The lowest BCUT2D eigenvalue weighted by Crippen LogP contribution is -2.28. The molecule has 0 bridgehead atoms. The van der Waals surface area contributed by atoms with Crippen molar-refractivity contribution in [3.63, 3.8) is 0 Å². The average molecular weight is 395 g/mol. The molecule has 7 heteroatoms. The van der Waals surface area contributed by atoms with Gasteiger partial charge in [0, 0.05) is 25.5 Å². The minimum Gasteiger partial charge on any atom is -0.345 e. The average Bonchev–Trinajstić information content (AvgIpc) is 3.28. The maximum absolute atomic E-state index is 13.2. The van der Waals surface area contributed by atoms with E-state index in [4.69, 9.17) is 0 Å². The number of fused-ring (bicyclic) bond motifs is 1. The third-order valence-electron chi connectivity index (χ3n) is 5.04. The molecule has 1 aliphatic heterocycles. The van der Waals surface area contributed by atoms with Crippen LogP contribution in [0.25, 0.3) is 0 Å². The van der Waals surface area contributed by atoms with Gasteiger partial charge >= 0.3 is 0 Å². The molecule has 6 nitrogen and oxygen atoms in total. The molecule has 0 saturated carbocycles. The van der Waals surface area contributed by atoms with Crippen LogP contribution in [0, 0.1) is 6.92 Å². The van der Waals surface area contributed by atoms with Gasteiger partial charge in [-0.1, -0.05) is 36.4 Å². The zero-order valence-electron chi connectivity index (χ0n) is 15.7. The Kier molecular flexibility index (Phi) is 4.47. The number of nitrogens with zero attached hydrogens (tertiary/aromatic N) is 2. The first-order valence-electron chi connectivity index (χ1n) is 9.02. The molecule has 0 saturated heterocycles. The molecular weight excluding hydrogens is 374 g/mol. The number of para-hydroxylation sites is 2. The topological polar surface area (TPSA) is 71.4 Å². The summed E-state index contributed by atoms with van der Waals surface area (Å²) in [5.74, 6) is -0.347. The molecular formula is C21H21N3O3S. The van der Waals surface area contributed by atoms with Crippen molar-refractivity contribution in [3.05, 3.63) is 77.6 Å². The predicted molar refractivity (Wildman–Crippen MR) is 109 cm³/mol. The quantitative estimate of drug-likeness (QED) is 0.737. The van der Waals surface area contributed by atoms with Crippen molar-refractivity contribution in [1.29, 1.82) is 0 Å². The number of amides is 1. The minimum atomic E-state index is -3.74. The molecule has 144 valence electrons. The zero-order chi connectivity index (χ0) is 19.9. The van der Waals surface area contributed by atoms with Gasteiger partial charge in [-0.25, -0.2) is 8.42 Å². The van der Waals surface area contributed by atoms with Gasteiger partial charge in [-0.2, -0.15) is 0 Å². The number of nitrogens with one attached hydrogen (secondary N) is 1. The Labute approximate surface area is 164 Å². The van der Waals surface area contributed by atoms with E-state index in [9.17, 15) is 13.2 Å². The Morgan fingerprint density at radius 2 is 1.79 bits per heavy atom. The van der Waals surface area contributed by atoms with Crippen molar-refractivity contribution in [1.82, 2.24) is 4.57 Å². The van der Waals surface area contributed by atoms with Gasteiger partial charge < -0.3 is 9.88 Å². The highest BCUT2D eigenvalue weighted by Gasteiger charge is 2.32. The Hall–Kier alpha value is -3.06. The van der Waals surface area contributed by atoms with Crippen molar-refractivity contribution in [2.45, 2.75) is 18.2 Å².